The fraction of sp³-hybridized carbons (Fsp3) is 0.167. The van der Waals surface area contributed by atoms with E-state index in [1.54, 1.807) is 6.92 Å². The van der Waals surface area contributed by atoms with Gasteiger partial charge in [-0.25, -0.2) is 9.79 Å². The molecular formula is C12H10N2O6. The van der Waals surface area contributed by atoms with Crippen LogP contribution < -0.4 is 0 Å². The Hall–Kier alpha value is -2.90. The fourth-order valence-electron chi connectivity index (χ4n) is 1.35. The number of aliphatic imine (C=N–C) groups is 1. The van der Waals surface area contributed by atoms with Crippen LogP contribution in [0.1, 0.15) is 23.2 Å². The lowest BCUT2D eigenvalue weighted by Crippen LogP contribution is -2.02. The van der Waals surface area contributed by atoms with Crippen LogP contribution in [-0.4, -0.2) is 23.7 Å². The number of hydrogen-bond acceptors (Lipinski definition) is 7. The lowest BCUT2D eigenvalue weighted by atomic mass is 10.4. The van der Waals surface area contributed by atoms with E-state index in [0.29, 0.717) is 0 Å². The Labute approximate surface area is 112 Å². The molecule has 0 unspecified atom stereocenters. The molecule has 0 saturated heterocycles. The molecule has 0 saturated carbocycles. The van der Waals surface area contributed by atoms with E-state index in [-0.39, 0.29) is 29.9 Å². The molecule has 8 heteroatoms. The number of hydrogen-bond donors (Lipinski definition) is 0. The van der Waals surface area contributed by atoms with E-state index in [9.17, 15) is 14.9 Å². The lowest BCUT2D eigenvalue weighted by molar-refractivity contribution is -0.402. The maximum Gasteiger partial charge on any atom is 0.433 e. The summed E-state index contributed by atoms with van der Waals surface area (Å²) in [5.74, 6) is -0.567. The van der Waals surface area contributed by atoms with E-state index >= 15 is 0 Å². The average Bonchev–Trinajstić information content (AvgIpc) is 3.06. The Morgan fingerprint density at radius 2 is 2.20 bits per heavy atom. The van der Waals surface area contributed by atoms with Crippen molar-refractivity contribution >= 4 is 24.0 Å². The van der Waals surface area contributed by atoms with E-state index in [4.69, 9.17) is 13.6 Å². The number of nitrogens with zero attached hydrogens (tertiary/aromatic N) is 2. The van der Waals surface area contributed by atoms with Crippen LogP contribution >= 0.6 is 0 Å². The van der Waals surface area contributed by atoms with Crippen molar-refractivity contribution in [2.75, 3.05) is 6.61 Å². The topological polar surface area (TPSA) is 108 Å². The summed E-state index contributed by atoms with van der Waals surface area (Å²) < 4.78 is 14.8. The van der Waals surface area contributed by atoms with E-state index < -0.39 is 10.9 Å². The molecule has 0 atom stereocenters. The first-order chi connectivity index (χ1) is 9.60. The van der Waals surface area contributed by atoms with Crippen LogP contribution in [0.5, 0.6) is 0 Å². The van der Waals surface area contributed by atoms with Gasteiger partial charge in [0.2, 0.25) is 11.6 Å². The fourth-order valence-corrected chi connectivity index (χ4v) is 1.35. The zero-order chi connectivity index (χ0) is 14.5. The highest BCUT2D eigenvalue weighted by atomic mass is 16.6. The van der Waals surface area contributed by atoms with Gasteiger partial charge in [0.15, 0.2) is 5.76 Å². The standard InChI is InChI=1S/C12H10N2O6/c1-2-18-12(15)9-4-5-10(20-9)13-7-8-3-6-11(19-8)14(16)17/h3-7H,2H2,1H3. The molecule has 0 aliphatic rings. The number of carbonyl (C=O) groups is 1. The van der Waals surface area contributed by atoms with Gasteiger partial charge in [-0.15, -0.1) is 0 Å². The van der Waals surface area contributed by atoms with Gasteiger partial charge in [-0.2, -0.15) is 0 Å². The second-order valence-corrected chi connectivity index (χ2v) is 3.55. The minimum atomic E-state index is -0.650. The summed E-state index contributed by atoms with van der Waals surface area (Å²) in [5, 5.41) is 10.4. The van der Waals surface area contributed by atoms with Gasteiger partial charge < -0.3 is 13.6 Å². The molecular weight excluding hydrogens is 268 g/mol. The number of nitro groups is 1. The van der Waals surface area contributed by atoms with Crippen molar-refractivity contribution in [3.05, 3.63) is 45.9 Å². The van der Waals surface area contributed by atoms with Crippen molar-refractivity contribution in [2.24, 2.45) is 4.99 Å². The van der Waals surface area contributed by atoms with Crippen LogP contribution in [0.4, 0.5) is 11.8 Å². The van der Waals surface area contributed by atoms with Crippen LogP contribution in [-0.2, 0) is 4.74 Å². The molecule has 0 aliphatic carbocycles. The van der Waals surface area contributed by atoms with Crippen molar-refractivity contribution in [1.82, 2.24) is 0 Å². The number of esters is 1. The van der Waals surface area contributed by atoms with Gasteiger partial charge in [0.25, 0.3) is 0 Å². The van der Waals surface area contributed by atoms with Crippen molar-refractivity contribution in [1.29, 1.82) is 0 Å². The minimum absolute atomic E-state index is 0.0319. The Morgan fingerprint density at radius 1 is 1.40 bits per heavy atom. The van der Waals surface area contributed by atoms with Crippen molar-refractivity contribution in [2.45, 2.75) is 6.92 Å². The zero-order valence-electron chi connectivity index (χ0n) is 10.4. The first-order valence-electron chi connectivity index (χ1n) is 5.65. The van der Waals surface area contributed by atoms with Crippen LogP contribution in [0, 0.1) is 10.1 Å². The number of carbonyl (C=O) groups excluding carboxylic acids is 1. The van der Waals surface area contributed by atoms with E-state index in [1.165, 1.54) is 30.5 Å². The van der Waals surface area contributed by atoms with Gasteiger partial charge in [0.05, 0.1) is 18.9 Å². The molecule has 2 rings (SSSR count). The smallest absolute Gasteiger partial charge is 0.433 e. The molecule has 2 aromatic heterocycles. The Morgan fingerprint density at radius 3 is 2.85 bits per heavy atom. The predicted octanol–water partition coefficient (Wildman–Crippen LogP) is 2.71. The SMILES string of the molecule is CCOC(=O)c1ccc(N=Cc2ccc([N+](=O)[O-])o2)o1. The summed E-state index contributed by atoms with van der Waals surface area (Å²) in [6, 6.07) is 5.51. The Balaban J connectivity index is 2.07. The van der Waals surface area contributed by atoms with Crippen molar-refractivity contribution < 1.29 is 23.3 Å². The van der Waals surface area contributed by atoms with Crippen LogP contribution in [0.15, 0.2) is 38.1 Å². The molecule has 104 valence electrons. The molecule has 0 aromatic carbocycles. The van der Waals surface area contributed by atoms with Crippen LogP contribution in [0.3, 0.4) is 0 Å². The first-order valence-corrected chi connectivity index (χ1v) is 5.65. The Bertz CT molecular complexity index is 654. The monoisotopic (exact) mass is 278 g/mol. The van der Waals surface area contributed by atoms with Crippen LogP contribution in [0.25, 0.3) is 0 Å². The molecule has 0 spiro atoms. The summed E-state index contributed by atoms with van der Waals surface area (Å²) in [6.45, 7) is 1.93. The molecule has 0 fully saturated rings. The maximum atomic E-state index is 11.3. The van der Waals surface area contributed by atoms with Gasteiger partial charge in [0, 0.05) is 6.07 Å². The number of furan rings is 2. The zero-order valence-corrected chi connectivity index (χ0v) is 10.4. The number of ether oxygens (including phenoxy) is 1. The molecule has 8 nitrogen and oxygen atoms in total. The van der Waals surface area contributed by atoms with Gasteiger partial charge in [0.1, 0.15) is 4.92 Å². The van der Waals surface area contributed by atoms with Gasteiger partial charge in [-0.05, 0) is 19.1 Å². The molecule has 20 heavy (non-hydrogen) atoms. The highest BCUT2D eigenvalue weighted by molar-refractivity contribution is 5.87. The van der Waals surface area contributed by atoms with E-state index in [2.05, 4.69) is 4.99 Å². The first kappa shape index (κ1) is 13.5. The lowest BCUT2D eigenvalue weighted by Gasteiger charge is -1.95. The molecule has 0 aliphatic heterocycles. The molecule has 0 radical (unpaired) electrons. The van der Waals surface area contributed by atoms with E-state index in [0.717, 1.165) is 0 Å². The second-order valence-electron chi connectivity index (χ2n) is 3.55. The summed E-state index contributed by atoms with van der Waals surface area (Å²) in [4.78, 5) is 25.0. The van der Waals surface area contributed by atoms with Gasteiger partial charge >= 0.3 is 11.9 Å². The Kier molecular flexibility index (Phi) is 3.94. The average molecular weight is 278 g/mol. The van der Waals surface area contributed by atoms with Crippen LogP contribution in [0.2, 0.25) is 0 Å². The molecule has 2 aromatic rings. The third-order valence-corrected chi connectivity index (χ3v) is 2.18. The highest BCUT2D eigenvalue weighted by Crippen LogP contribution is 2.19. The van der Waals surface area contributed by atoms with Gasteiger partial charge in [-0.1, -0.05) is 0 Å². The highest BCUT2D eigenvalue weighted by Gasteiger charge is 2.12. The van der Waals surface area contributed by atoms with E-state index in [1.807, 2.05) is 0 Å². The third kappa shape index (κ3) is 3.10. The quantitative estimate of drug-likeness (QED) is 0.360. The van der Waals surface area contributed by atoms with Gasteiger partial charge in [-0.3, -0.25) is 10.1 Å². The molecule has 0 N–H and O–H groups in total. The summed E-state index contributed by atoms with van der Waals surface area (Å²) in [6.07, 6.45) is 1.25. The summed E-state index contributed by atoms with van der Waals surface area (Å²) in [7, 11) is 0. The molecule has 0 bridgehead atoms. The molecule has 2 heterocycles. The summed E-state index contributed by atoms with van der Waals surface area (Å²) in [5.41, 5.74) is 0. The van der Waals surface area contributed by atoms with Crippen molar-refractivity contribution in [3.8, 4) is 0 Å². The molecule has 0 amide bonds. The normalized spacial score (nSPS) is 10.8. The second kappa shape index (κ2) is 5.83. The predicted molar refractivity (Wildman–Crippen MR) is 67.3 cm³/mol. The number of rotatable bonds is 5. The summed E-state index contributed by atoms with van der Waals surface area (Å²) >= 11 is 0. The maximum absolute atomic E-state index is 11.3. The van der Waals surface area contributed by atoms with Crippen molar-refractivity contribution in [3.63, 3.8) is 0 Å². The third-order valence-electron chi connectivity index (χ3n) is 2.18. The largest absolute Gasteiger partial charge is 0.460 e. The minimum Gasteiger partial charge on any atom is -0.460 e.